The second kappa shape index (κ2) is 4.73. The summed E-state index contributed by atoms with van der Waals surface area (Å²) in [6.07, 6.45) is 1.04. The molecule has 0 radical (unpaired) electrons. The number of hydrogen-bond donors (Lipinski definition) is 1. The van der Waals surface area contributed by atoms with Crippen LogP contribution in [-0.2, 0) is 11.2 Å². The molecule has 1 saturated heterocycles. The smallest absolute Gasteiger partial charge is 0.123 e. The quantitative estimate of drug-likeness (QED) is 0.806. The maximum Gasteiger partial charge on any atom is 0.123 e. The Balaban J connectivity index is 2.01. The number of rotatable bonds is 2. The number of ether oxygens (including phenoxy) is 1. The van der Waals surface area contributed by atoms with E-state index in [0.29, 0.717) is 26.1 Å². The maximum atomic E-state index is 12.9. The lowest BCUT2D eigenvalue weighted by Gasteiger charge is -2.27. The molecule has 1 heterocycles. The molecule has 0 bridgehead atoms. The van der Waals surface area contributed by atoms with Gasteiger partial charge in [-0.05, 0) is 30.5 Å². The van der Waals surface area contributed by atoms with Crippen molar-refractivity contribution in [3.63, 3.8) is 0 Å². The average molecular weight is 210 g/mol. The molecular weight excluding hydrogens is 195 g/mol. The van der Waals surface area contributed by atoms with Crippen LogP contribution in [0.4, 0.5) is 4.39 Å². The Labute approximate surface area is 88.7 Å². The van der Waals surface area contributed by atoms with Crippen molar-refractivity contribution in [1.82, 2.24) is 0 Å². The van der Waals surface area contributed by atoms with Crippen LogP contribution in [0.25, 0.3) is 0 Å². The van der Waals surface area contributed by atoms with E-state index in [2.05, 4.69) is 0 Å². The summed E-state index contributed by atoms with van der Waals surface area (Å²) in [5, 5.41) is 9.73. The van der Waals surface area contributed by atoms with Gasteiger partial charge in [0.15, 0.2) is 0 Å². The molecule has 1 aromatic carbocycles. The Hall–Kier alpha value is -0.930. The molecule has 0 aliphatic carbocycles. The molecule has 1 fully saturated rings. The van der Waals surface area contributed by atoms with Gasteiger partial charge in [-0.25, -0.2) is 4.39 Å². The number of hydrogen-bond acceptors (Lipinski definition) is 2. The summed E-state index contributed by atoms with van der Waals surface area (Å²) >= 11 is 0. The monoisotopic (exact) mass is 210 g/mol. The Morgan fingerprint density at radius 3 is 3.07 bits per heavy atom. The summed E-state index contributed by atoms with van der Waals surface area (Å²) in [6.45, 7) is 1.19. The first-order valence-electron chi connectivity index (χ1n) is 5.26. The molecule has 2 nitrogen and oxygen atoms in total. The van der Waals surface area contributed by atoms with Crippen LogP contribution in [0.3, 0.4) is 0 Å². The van der Waals surface area contributed by atoms with Gasteiger partial charge in [-0.15, -0.1) is 0 Å². The molecule has 0 amide bonds. The lowest BCUT2D eigenvalue weighted by Crippen LogP contribution is -2.33. The van der Waals surface area contributed by atoms with Crippen LogP contribution in [0, 0.1) is 11.7 Å². The minimum absolute atomic E-state index is 0.0977. The predicted octanol–water partition coefficient (Wildman–Crippen LogP) is 1.77. The van der Waals surface area contributed by atoms with Gasteiger partial charge >= 0.3 is 0 Å². The number of benzene rings is 1. The summed E-state index contributed by atoms with van der Waals surface area (Å²) in [7, 11) is 0. The second-order valence-corrected chi connectivity index (χ2v) is 4.03. The first-order chi connectivity index (χ1) is 7.25. The van der Waals surface area contributed by atoms with Gasteiger partial charge in [-0.3, -0.25) is 0 Å². The van der Waals surface area contributed by atoms with Crippen molar-refractivity contribution in [2.24, 2.45) is 5.92 Å². The fraction of sp³-hybridized carbons (Fsp3) is 0.500. The molecule has 0 spiro atoms. The minimum atomic E-state index is -0.318. The molecule has 3 heteroatoms. The molecule has 1 aliphatic heterocycles. The lowest BCUT2D eigenvalue weighted by molar-refractivity contribution is -0.0350. The van der Waals surface area contributed by atoms with Crippen LogP contribution >= 0.6 is 0 Å². The zero-order valence-electron chi connectivity index (χ0n) is 8.53. The van der Waals surface area contributed by atoms with Gasteiger partial charge in [-0.2, -0.15) is 0 Å². The highest BCUT2D eigenvalue weighted by Gasteiger charge is 2.23. The third kappa shape index (κ3) is 2.76. The van der Waals surface area contributed by atoms with Gasteiger partial charge in [0.25, 0.3) is 0 Å². The predicted molar refractivity (Wildman–Crippen MR) is 55.0 cm³/mol. The second-order valence-electron chi connectivity index (χ2n) is 4.03. The number of halogens is 1. The highest BCUT2D eigenvalue weighted by atomic mass is 19.1. The van der Waals surface area contributed by atoms with E-state index in [0.717, 1.165) is 5.56 Å². The normalized spacial score (nSPS) is 26.5. The molecule has 1 N–H and O–H groups in total. The largest absolute Gasteiger partial charge is 0.393 e. The van der Waals surface area contributed by atoms with Gasteiger partial charge in [0.05, 0.1) is 12.7 Å². The first kappa shape index (κ1) is 10.6. The summed E-state index contributed by atoms with van der Waals surface area (Å²) in [5.41, 5.74) is 0.921. The van der Waals surface area contributed by atoms with E-state index >= 15 is 0 Å². The topological polar surface area (TPSA) is 29.5 Å². The Morgan fingerprint density at radius 2 is 2.33 bits per heavy atom. The molecule has 2 rings (SSSR count). The summed E-state index contributed by atoms with van der Waals surface area (Å²) in [6, 6.07) is 6.52. The molecule has 1 aromatic rings. The Morgan fingerprint density at radius 1 is 1.47 bits per heavy atom. The van der Waals surface area contributed by atoms with Crippen molar-refractivity contribution >= 4 is 0 Å². The van der Waals surface area contributed by atoms with E-state index in [1.807, 2.05) is 6.07 Å². The van der Waals surface area contributed by atoms with E-state index in [1.54, 1.807) is 6.07 Å². The zero-order chi connectivity index (χ0) is 10.7. The van der Waals surface area contributed by atoms with Gasteiger partial charge in [0.2, 0.25) is 0 Å². The zero-order valence-corrected chi connectivity index (χ0v) is 8.53. The van der Waals surface area contributed by atoms with E-state index in [4.69, 9.17) is 4.74 Å². The van der Waals surface area contributed by atoms with Crippen LogP contribution in [0.1, 0.15) is 12.0 Å². The first-order valence-corrected chi connectivity index (χ1v) is 5.26. The molecule has 1 aliphatic rings. The third-order valence-electron chi connectivity index (χ3n) is 2.82. The van der Waals surface area contributed by atoms with E-state index < -0.39 is 0 Å². The third-order valence-corrected chi connectivity index (χ3v) is 2.82. The molecule has 2 atom stereocenters. The fourth-order valence-electron chi connectivity index (χ4n) is 1.95. The van der Waals surface area contributed by atoms with E-state index in [-0.39, 0.29) is 17.8 Å². The van der Waals surface area contributed by atoms with Gasteiger partial charge in [0, 0.05) is 12.5 Å². The standard InChI is InChI=1S/C12H15FO2/c13-11-3-1-2-9(7-11)6-10-8-15-5-4-12(10)14/h1-3,7,10,12,14H,4-6,8H2/t10-,12+/m0/s1. The van der Waals surface area contributed by atoms with Crippen molar-refractivity contribution in [3.05, 3.63) is 35.6 Å². The van der Waals surface area contributed by atoms with Crippen molar-refractivity contribution in [2.75, 3.05) is 13.2 Å². The van der Waals surface area contributed by atoms with Crippen molar-refractivity contribution in [1.29, 1.82) is 0 Å². The van der Waals surface area contributed by atoms with Crippen LogP contribution < -0.4 is 0 Å². The molecule has 0 unspecified atom stereocenters. The summed E-state index contributed by atoms with van der Waals surface area (Å²) in [4.78, 5) is 0. The van der Waals surface area contributed by atoms with Crippen molar-refractivity contribution in [3.8, 4) is 0 Å². The molecule has 0 aromatic heterocycles. The number of aliphatic hydroxyl groups excluding tert-OH is 1. The lowest BCUT2D eigenvalue weighted by atomic mass is 9.91. The highest BCUT2D eigenvalue weighted by Crippen LogP contribution is 2.19. The van der Waals surface area contributed by atoms with Gasteiger partial charge < -0.3 is 9.84 Å². The number of aliphatic hydroxyl groups is 1. The van der Waals surface area contributed by atoms with Crippen LogP contribution in [0.15, 0.2) is 24.3 Å². The maximum absolute atomic E-state index is 12.9. The Kier molecular flexibility index (Phi) is 3.34. The SMILES string of the molecule is O[C@@H]1CCOC[C@@H]1Cc1cccc(F)c1. The van der Waals surface area contributed by atoms with Crippen LogP contribution in [-0.4, -0.2) is 24.4 Å². The highest BCUT2D eigenvalue weighted by molar-refractivity contribution is 5.17. The van der Waals surface area contributed by atoms with Crippen LogP contribution in [0.5, 0.6) is 0 Å². The van der Waals surface area contributed by atoms with Gasteiger partial charge in [0.1, 0.15) is 5.82 Å². The Bertz CT molecular complexity index is 327. The van der Waals surface area contributed by atoms with Crippen molar-refractivity contribution in [2.45, 2.75) is 18.9 Å². The molecule has 82 valence electrons. The molecule has 0 saturated carbocycles. The van der Waals surface area contributed by atoms with Crippen LogP contribution in [0.2, 0.25) is 0 Å². The summed E-state index contributed by atoms with van der Waals surface area (Å²) in [5.74, 6) is -0.126. The summed E-state index contributed by atoms with van der Waals surface area (Å²) < 4.78 is 18.2. The van der Waals surface area contributed by atoms with Gasteiger partial charge in [-0.1, -0.05) is 12.1 Å². The van der Waals surface area contributed by atoms with Crippen molar-refractivity contribution < 1.29 is 14.2 Å². The average Bonchev–Trinajstić information content (AvgIpc) is 2.22. The van der Waals surface area contributed by atoms with E-state index in [1.165, 1.54) is 12.1 Å². The molecule has 15 heavy (non-hydrogen) atoms. The van der Waals surface area contributed by atoms with E-state index in [9.17, 15) is 9.50 Å². The molecular formula is C12H15FO2. The fourth-order valence-corrected chi connectivity index (χ4v) is 1.95. The minimum Gasteiger partial charge on any atom is -0.393 e.